The lowest BCUT2D eigenvalue weighted by molar-refractivity contribution is -0.137. The van der Waals surface area contributed by atoms with Gasteiger partial charge in [0.2, 0.25) is 0 Å². The molecule has 1 aliphatic heterocycles. The van der Waals surface area contributed by atoms with E-state index in [1.54, 1.807) is 48.8 Å². The number of anilines is 1. The van der Waals surface area contributed by atoms with Gasteiger partial charge in [0.15, 0.2) is 0 Å². The van der Waals surface area contributed by atoms with Crippen LogP contribution in [0.4, 0.5) is 10.1 Å². The van der Waals surface area contributed by atoms with Crippen LogP contribution < -0.4 is 10.1 Å². The van der Waals surface area contributed by atoms with Crippen LogP contribution in [0, 0.1) is 5.82 Å². The van der Waals surface area contributed by atoms with Crippen molar-refractivity contribution in [2.45, 2.75) is 13.5 Å². The number of nitrogens with one attached hydrogen (secondary N) is 1. The number of pyridine rings is 1. The number of carbonyl (C=O) groups excluding carboxylic acids is 2. The lowest BCUT2D eigenvalue weighted by atomic mass is 10.0. The molecule has 6 nitrogen and oxygen atoms in total. The van der Waals surface area contributed by atoms with Crippen LogP contribution in [-0.2, 0) is 16.1 Å². The summed E-state index contributed by atoms with van der Waals surface area (Å²) in [6.45, 7) is 2.53. The molecule has 0 spiro atoms. The Kier molecular flexibility index (Phi) is 5.75. The Bertz CT molecular complexity index is 1130. The van der Waals surface area contributed by atoms with Crippen molar-refractivity contribution in [2.24, 2.45) is 0 Å². The summed E-state index contributed by atoms with van der Waals surface area (Å²) in [4.78, 5) is 31.6. The molecule has 0 radical (unpaired) electrons. The van der Waals surface area contributed by atoms with Crippen molar-refractivity contribution in [3.63, 3.8) is 0 Å². The zero-order valence-corrected chi connectivity index (χ0v) is 16.8. The van der Waals surface area contributed by atoms with E-state index in [4.69, 9.17) is 4.74 Å². The Balaban J connectivity index is 1.69. The van der Waals surface area contributed by atoms with Crippen molar-refractivity contribution in [1.82, 2.24) is 9.88 Å². The van der Waals surface area contributed by atoms with Gasteiger partial charge >= 0.3 is 0 Å². The van der Waals surface area contributed by atoms with Crippen LogP contribution in [0.5, 0.6) is 5.75 Å². The van der Waals surface area contributed by atoms with Gasteiger partial charge in [-0.2, -0.15) is 0 Å². The van der Waals surface area contributed by atoms with Crippen molar-refractivity contribution in [2.75, 3.05) is 11.9 Å². The molecule has 2 heterocycles. The highest BCUT2D eigenvalue weighted by molar-refractivity contribution is 6.36. The summed E-state index contributed by atoms with van der Waals surface area (Å²) in [7, 11) is 0. The topological polar surface area (TPSA) is 71.5 Å². The number of hydrogen-bond acceptors (Lipinski definition) is 5. The second kappa shape index (κ2) is 8.79. The summed E-state index contributed by atoms with van der Waals surface area (Å²) in [6, 6.07) is 16.1. The molecular formula is C24H20FN3O3. The minimum Gasteiger partial charge on any atom is -0.494 e. The quantitative estimate of drug-likeness (QED) is 0.588. The molecule has 0 aliphatic carbocycles. The molecule has 1 N–H and O–H groups in total. The van der Waals surface area contributed by atoms with Crippen LogP contribution in [0.2, 0.25) is 0 Å². The van der Waals surface area contributed by atoms with Crippen molar-refractivity contribution in [3.05, 3.63) is 95.7 Å². The van der Waals surface area contributed by atoms with E-state index >= 15 is 0 Å². The fourth-order valence-electron chi connectivity index (χ4n) is 3.34. The number of hydrogen-bond donors (Lipinski definition) is 1. The van der Waals surface area contributed by atoms with E-state index in [1.807, 2.05) is 6.92 Å². The summed E-state index contributed by atoms with van der Waals surface area (Å²) < 4.78 is 18.9. The predicted octanol–water partition coefficient (Wildman–Crippen LogP) is 4.01. The third kappa shape index (κ3) is 4.30. The van der Waals surface area contributed by atoms with Gasteiger partial charge < -0.3 is 10.1 Å². The molecule has 0 fully saturated rings. The van der Waals surface area contributed by atoms with Gasteiger partial charge in [-0.15, -0.1) is 0 Å². The maximum absolute atomic E-state index is 13.4. The molecule has 1 aromatic heterocycles. The van der Waals surface area contributed by atoms with E-state index in [9.17, 15) is 14.0 Å². The first-order valence-corrected chi connectivity index (χ1v) is 9.82. The Hall–Kier alpha value is -4.00. The second-order valence-electron chi connectivity index (χ2n) is 6.90. The summed E-state index contributed by atoms with van der Waals surface area (Å²) in [6.07, 6.45) is 3.23. The smallest absolute Gasteiger partial charge is 0.278 e. The third-order valence-corrected chi connectivity index (χ3v) is 4.80. The zero-order chi connectivity index (χ0) is 21.8. The number of imide groups is 1. The van der Waals surface area contributed by atoms with Crippen molar-refractivity contribution in [1.29, 1.82) is 0 Å². The molecule has 0 atom stereocenters. The van der Waals surface area contributed by atoms with Gasteiger partial charge in [-0.25, -0.2) is 4.39 Å². The average Bonchev–Trinajstić information content (AvgIpc) is 3.01. The summed E-state index contributed by atoms with van der Waals surface area (Å²) in [5, 5.41) is 3.07. The van der Waals surface area contributed by atoms with Crippen molar-refractivity contribution in [3.8, 4) is 5.75 Å². The summed E-state index contributed by atoms with van der Waals surface area (Å²) in [5.41, 5.74) is 2.15. The number of amides is 2. The maximum atomic E-state index is 13.4. The normalized spacial score (nSPS) is 13.7. The second-order valence-corrected chi connectivity index (χ2v) is 6.90. The van der Waals surface area contributed by atoms with Crippen LogP contribution in [0.3, 0.4) is 0 Å². The molecule has 4 rings (SSSR count). The molecular weight excluding hydrogens is 397 g/mol. The number of benzene rings is 2. The summed E-state index contributed by atoms with van der Waals surface area (Å²) in [5.74, 6) is -0.627. The van der Waals surface area contributed by atoms with E-state index in [0.29, 0.717) is 23.6 Å². The largest absolute Gasteiger partial charge is 0.494 e. The standard InChI is InChI=1S/C24H20FN3O3/c1-2-31-20-11-9-19(10-12-20)27-22-21(17-5-7-18(25)8-6-17)23(29)28(24(22)30)15-16-4-3-13-26-14-16/h3-14,27H,2,15H2,1H3. The molecule has 156 valence electrons. The molecule has 0 saturated heterocycles. The minimum atomic E-state index is -0.456. The molecule has 0 saturated carbocycles. The van der Waals surface area contributed by atoms with Gasteiger partial charge in [0, 0.05) is 18.1 Å². The molecule has 3 aromatic rings. The van der Waals surface area contributed by atoms with Gasteiger partial charge in [0.1, 0.15) is 17.3 Å². The Morgan fingerprint density at radius 2 is 1.74 bits per heavy atom. The van der Waals surface area contributed by atoms with Crippen molar-refractivity contribution >= 4 is 23.1 Å². The van der Waals surface area contributed by atoms with E-state index in [1.165, 1.54) is 24.3 Å². The third-order valence-electron chi connectivity index (χ3n) is 4.80. The fraction of sp³-hybridized carbons (Fsp3) is 0.125. The number of carbonyl (C=O) groups is 2. The molecule has 2 aromatic carbocycles. The maximum Gasteiger partial charge on any atom is 0.278 e. The van der Waals surface area contributed by atoms with Gasteiger partial charge in [-0.05, 0) is 60.5 Å². The molecule has 31 heavy (non-hydrogen) atoms. The highest BCUT2D eigenvalue weighted by Crippen LogP contribution is 2.32. The van der Waals surface area contributed by atoms with Crippen LogP contribution >= 0.6 is 0 Å². The number of rotatable bonds is 7. The van der Waals surface area contributed by atoms with E-state index in [0.717, 1.165) is 10.5 Å². The fourth-order valence-corrected chi connectivity index (χ4v) is 3.34. The molecule has 0 unspecified atom stereocenters. The number of nitrogens with zero attached hydrogens (tertiary/aromatic N) is 2. The molecule has 0 bridgehead atoms. The highest BCUT2D eigenvalue weighted by atomic mass is 19.1. The Labute approximate surface area is 179 Å². The van der Waals surface area contributed by atoms with Crippen LogP contribution in [0.15, 0.2) is 78.8 Å². The van der Waals surface area contributed by atoms with E-state index in [2.05, 4.69) is 10.3 Å². The highest BCUT2D eigenvalue weighted by Gasteiger charge is 2.39. The average molecular weight is 417 g/mol. The number of halogens is 1. The number of ether oxygens (including phenoxy) is 1. The van der Waals surface area contributed by atoms with Crippen LogP contribution in [0.1, 0.15) is 18.1 Å². The molecule has 1 aliphatic rings. The van der Waals surface area contributed by atoms with E-state index in [-0.39, 0.29) is 17.8 Å². The first kappa shape index (κ1) is 20.3. The Morgan fingerprint density at radius 3 is 2.39 bits per heavy atom. The minimum absolute atomic E-state index is 0.0880. The van der Waals surface area contributed by atoms with Crippen LogP contribution in [-0.4, -0.2) is 28.3 Å². The van der Waals surface area contributed by atoms with E-state index < -0.39 is 17.6 Å². The lowest BCUT2D eigenvalue weighted by Crippen LogP contribution is -2.32. The van der Waals surface area contributed by atoms with Gasteiger partial charge in [-0.1, -0.05) is 18.2 Å². The van der Waals surface area contributed by atoms with Gasteiger partial charge in [0.05, 0.1) is 18.7 Å². The molecule has 7 heteroatoms. The SMILES string of the molecule is CCOc1ccc(NC2=C(c3ccc(F)cc3)C(=O)N(Cc3cccnc3)C2=O)cc1. The zero-order valence-electron chi connectivity index (χ0n) is 16.8. The monoisotopic (exact) mass is 417 g/mol. The summed E-state index contributed by atoms with van der Waals surface area (Å²) >= 11 is 0. The Morgan fingerprint density at radius 1 is 1.00 bits per heavy atom. The first-order valence-electron chi connectivity index (χ1n) is 9.82. The van der Waals surface area contributed by atoms with Crippen molar-refractivity contribution < 1.29 is 18.7 Å². The van der Waals surface area contributed by atoms with Crippen LogP contribution in [0.25, 0.3) is 5.57 Å². The van der Waals surface area contributed by atoms with Gasteiger partial charge in [0.25, 0.3) is 11.8 Å². The molecule has 2 amide bonds. The predicted molar refractivity (Wildman–Crippen MR) is 114 cm³/mol. The lowest BCUT2D eigenvalue weighted by Gasteiger charge is -2.15. The first-order chi connectivity index (χ1) is 15.1. The number of aromatic nitrogens is 1. The van der Waals surface area contributed by atoms with Gasteiger partial charge in [-0.3, -0.25) is 19.5 Å².